The standard InChI is InChI=1S/C16H22OS/c1-2-13-8-10-14(11-9-13)16(17)12-18-15-6-4-3-5-7-15/h3-7,13-14H,2,8-12H2,1H3. The molecule has 1 saturated carbocycles. The van der Waals surface area contributed by atoms with Crippen molar-refractivity contribution in [2.75, 3.05) is 5.75 Å². The third-order valence-electron chi connectivity index (χ3n) is 4.00. The number of Topliss-reactive ketones (excluding diaryl/α,β-unsaturated/α-hetero) is 1. The van der Waals surface area contributed by atoms with Crippen molar-refractivity contribution in [3.8, 4) is 0 Å². The minimum Gasteiger partial charge on any atom is -0.298 e. The summed E-state index contributed by atoms with van der Waals surface area (Å²) in [6.07, 6.45) is 6.02. The zero-order valence-corrected chi connectivity index (χ0v) is 11.9. The predicted octanol–water partition coefficient (Wildman–Crippen LogP) is 4.56. The molecular weight excluding hydrogens is 240 g/mol. The molecule has 1 aromatic rings. The van der Waals surface area contributed by atoms with Crippen molar-refractivity contribution in [3.63, 3.8) is 0 Å². The summed E-state index contributed by atoms with van der Waals surface area (Å²) >= 11 is 1.68. The number of benzene rings is 1. The van der Waals surface area contributed by atoms with E-state index in [9.17, 15) is 4.79 Å². The molecule has 0 spiro atoms. The fourth-order valence-corrected chi connectivity index (χ4v) is 3.58. The second-order valence-corrected chi connectivity index (χ2v) is 6.24. The van der Waals surface area contributed by atoms with Crippen molar-refractivity contribution >= 4 is 17.5 Å². The van der Waals surface area contributed by atoms with Crippen LogP contribution in [0.25, 0.3) is 0 Å². The largest absolute Gasteiger partial charge is 0.298 e. The van der Waals surface area contributed by atoms with Crippen molar-refractivity contribution in [1.82, 2.24) is 0 Å². The normalized spacial score (nSPS) is 23.8. The fourth-order valence-electron chi connectivity index (χ4n) is 2.68. The summed E-state index contributed by atoms with van der Waals surface area (Å²) < 4.78 is 0. The van der Waals surface area contributed by atoms with Crippen LogP contribution in [0.2, 0.25) is 0 Å². The fraction of sp³-hybridized carbons (Fsp3) is 0.562. The second-order valence-electron chi connectivity index (χ2n) is 5.19. The summed E-state index contributed by atoms with van der Waals surface area (Å²) in [6.45, 7) is 2.26. The summed E-state index contributed by atoms with van der Waals surface area (Å²) in [5, 5.41) is 0. The maximum Gasteiger partial charge on any atom is 0.146 e. The lowest BCUT2D eigenvalue weighted by Crippen LogP contribution is -2.23. The molecule has 18 heavy (non-hydrogen) atoms. The van der Waals surface area contributed by atoms with Crippen molar-refractivity contribution in [2.24, 2.45) is 11.8 Å². The molecule has 1 nitrogen and oxygen atoms in total. The van der Waals surface area contributed by atoms with Crippen LogP contribution in [0.3, 0.4) is 0 Å². The Kier molecular flexibility index (Phi) is 5.30. The van der Waals surface area contributed by atoms with E-state index in [4.69, 9.17) is 0 Å². The van der Waals surface area contributed by atoms with Gasteiger partial charge in [0.15, 0.2) is 0 Å². The van der Waals surface area contributed by atoms with Crippen LogP contribution >= 0.6 is 11.8 Å². The second kappa shape index (κ2) is 6.98. The van der Waals surface area contributed by atoms with Crippen molar-refractivity contribution in [3.05, 3.63) is 30.3 Å². The molecule has 0 aliphatic heterocycles. The molecule has 2 rings (SSSR count). The topological polar surface area (TPSA) is 17.1 Å². The highest BCUT2D eigenvalue weighted by molar-refractivity contribution is 8.00. The predicted molar refractivity (Wildman–Crippen MR) is 77.9 cm³/mol. The number of hydrogen-bond acceptors (Lipinski definition) is 2. The third-order valence-corrected chi connectivity index (χ3v) is 5.04. The van der Waals surface area contributed by atoms with E-state index in [2.05, 4.69) is 19.1 Å². The smallest absolute Gasteiger partial charge is 0.146 e. The van der Waals surface area contributed by atoms with Crippen LogP contribution in [0.5, 0.6) is 0 Å². The summed E-state index contributed by atoms with van der Waals surface area (Å²) in [7, 11) is 0. The Hall–Kier alpha value is -0.760. The molecule has 0 atom stereocenters. The lowest BCUT2D eigenvalue weighted by atomic mass is 9.79. The maximum atomic E-state index is 12.1. The van der Waals surface area contributed by atoms with Crippen LogP contribution in [0.4, 0.5) is 0 Å². The van der Waals surface area contributed by atoms with E-state index in [0.29, 0.717) is 17.5 Å². The Labute approximate surface area is 114 Å². The summed E-state index contributed by atoms with van der Waals surface area (Å²) in [5.41, 5.74) is 0. The summed E-state index contributed by atoms with van der Waals surface area (Å²) in [6, 6.07) is 10.2. The van der Waals surface area contributed by atoms with Gasteiger partial charge in [0.1, 0.15) is 5.78 Å². The minimum atomic E-state index is 0.337. The van der Waals surface area contributed by atoms with E-state index < -0.39 is 0 Å². The molecule has 2 heteroatoms. The molecule has 0 unspecified atom stereocenters. The molecule has 98 valence electrons. The first-order chi connectivity index (χ1) is 8.79. The van der Waals surface area contributed by atoms with Crippen LogP contribution in [0, 0.1) is 11.8 Å². The van der Waals surface area contributed by atoms with Gasteiger partial charge in [0, 0.05) is 10.8 Å². The van der Waals surface area contributed by atoms with Crippen molar-refractivity contribution in [1.29, 1.82) is 0 Å². The molecule has 0 heterocycles. The minimum absolute atomic E-state index is 0.337. The van der Waals surface area contributed by atoms with Crippen LogP contribution in [-0.2, 0) is 4.79 Å². The van der Waals surface area contributed by atoms with Gasteiger partial charge in [-0.05, 0) is 43.7 Å². The van der Waals surface area contributed by atoms with Gasteiger partial charge in [-0.3, -0.25) is 4.79 Å². The number of hydrogen-bond donors (Lipinski definition) is 0. The van der Waals surface area contributed by atoms with Crippen molar-refractivity contribution in [2.45, 2.75) is 43.9 Å². The van der Waals surface area contributed by atoms with E-state index in [0.717, 1.165) is 18.8 Å². The van der Waals surface area contributed by atoms with E-state index in [1.165, 1.54) is 24.2 Å². The van der Waals surface area contributed by atoms with E-state index in [1.807, 2.05) is 18.2 Å². The lowest BCUT2D eigenvalue weighted by Gasteiger charge is -2.26. The van der Waals surface area contributed by atoms with Crippen LogP contribution in [0.15, 0.2) is 35.2 Å². The van der Waals surface area contributed by atoms with Gasteiger partial charge in [-0.25, -0.2) is 0 Å². The van der Waals surface area contributed by atoms with Crippen LogP contribution in [0.1, 0.15) is 39.0 Å². The summed E-state index contributed by atoms with van der Waals surface area (Å²) in [5.74, 6) is 2.31. The number of thioether (sulfide) groups is 1. The molecule has 0 amide bonds. The van der Waals surface area contributed by atoms with Gasteiger partial charge in [0.25, 0.3) is 0 Å². The van der Waals surface area contributed by atoms with Gasteiger partial charge in [0.2, 0.25) is 0 Å². The van der Waals surface area contributed by atoms with Gasteiger partial charge in [-0.15, -0.1) is 11.8 Å². The Morgan fingerprint density at radius 2 is 1.83 bits per heavy atom. The Morgan fingerprint density at radius 1 is 1.17 bits per heavy atom. The molecule has 0 radical (unpaired) electrons. The average molecular weight is 262 g/mol. The first kappa shape index (κ1) is 13.7. The monoisotopic (exact) mass is 262 g/mol. The average Bonchev–Trinajstić information content (AvgIpc) is 2.46. The van der Waals surface area contributed by atoms with E-state index in [-0.39, 0.29) is 0 Å². The lowest BCUT2D eigenvalue weighted by molar-refractivity contribution is -0.121. The highest BCUT2D eigenvalue weighted by atomic mass is 32.2. The van der Waals surface area contributed by atoms with Crippen LogP contribution in [-0.4, -0.2) is 11.5 Å². The Balaban J connectivity index is 1.75. The highest BCUT2D eigenvalue weighted by Crippen LogP contribution is 2.32. The number of carbonyl (C=O) groups excluding carboxylic acids is 1. The van der Waals surface area contributed by atoms with E-state index >= 15 is 0 Å². The third kappa shape index (κ3) is 3.88. The zero-order chi connectivity index (χ0) is 12.8. The molecular formula is C16H22OS. The van der Waals surface area contributed by atoms with Crippen molar-refractivity contribution < 1.29 is 4.79 Å². The molecule has 0 saturated heterocycles. The number of ketones is 1. The van der Waals surface area contributed by atoms with Gasteiger partial charge < -0.3 is 0 Å². The molecule has 0 aromatic heterocycles. The molecule has 1 aromatic carbocycles. The SMILES string of the molecule is CCC1CCC(C(=O)CSc2ccccc2)CC1. The molecule has 0 bridgehead atoms. The Morgan fingerprint density at radius 3 is 2.44 bits per heavy atom. The summed E-state index contributed by atoms with van der Waals surface area (Å²) in [4.78, 5) is 13.3. The molecule has 1 aliphatic carbocycles. The van der Waals surface area contributed by atoms with Gasteiger partial charge in [-0.2, -0.15) is 0 Å². The quantitative estimate of drug-likeness (QED) is 0.723. The Bertz CT molecular complexity index is 366. The van der Waals surface area contributed by atoms with Gasteiger partial charge in [0.05, 0.1) is 5.75 Å². The van der Waals surface area contributed by atoms with Gasteiger partial charge in [-0.1, -0.05) is 31.5 Å². The zero-order valence-electron chi connectivity index (χ0n) is 11.1. The van der Waals surface area contributed by atoms with E-state index in [1.54, 1.807) is 11.8 Å². The maximum absolute atomic E-state index is 12.1. The van der Waals surface area contributed by atoms with Gasteiger partial charge >= 0.3 is 0 Å². The number of rotatable bonds is 5. The first-order valence-electron chi connectivity index (χ1n) is 7.00. The van der Waals surface area contributed by atoms with Crippen LogP contribution < -0.4 is 0 Å². The first-order valence-corrected chi connectivity index (χ1v) is 7.98. The highest BCUT2D eigenvalue weighted by Gasteiger charge is 2.25. The molecule has 0 N–H and O–H groups in total. The molecule has 1 fully saturated rings. The molecule has 1 aliphatic rings. The number of carbonyl (C=O) groups is 1.